The van der Waals surface area contributed by atoms with Gasteiger partial charge in [-0.2, -0.15) is 0 Å². The highest BCUT2D eigenvalue weighted by molar-refractivity contribution is 9.10. The van der Waals surface area contributed by atoms with Gasteiger partial charge in [0.15, 0.2) is 0 Å². The van der Waals surface area contributed by atoms with Crippen LogP contribution in [0.5, 0.6) is 0 Å². The average Bonchev–Trinajstić information content (AvgIpc) is 2.84. The van der Waals surface area contributed by atoms with Crippen LogP contribution >= 0.6 is 27.5 Å². The Balaban J connectivity index is 2.08. The van der Waals surface area contributed by atoms with Crippen molar-refractivity contribution in [2.24, 2.45) is 0 Å². The van der Waals surface area contributed by atoms with Crippen molar-refractivity contribution in [1.29, 1.82) is 0 Å². The van der Waals surface area contributed by atoms with Gasteiger partial charge in [0.05, 0.1) is 5.92 Å². The third-order valence-corrected chi connectivity index (χ3v) is 5.02. The first-order valence-corrected chi connectivity index (χ1v) is 8.03. The van der Waals surface area contributed by atoms with Crippen LogP contribution in [0.2, 0.25) is 5.02 Å². The van der Waals surface area contributed by atoms with Crippen LogP contribution in [-0.4, -0.2) is 12.5 Å². The van der Waals surface area contributed by atoms with E-state index in [4.69, 9.17) is 11.6 Å². The van der Waals surface area contributed by atoms with Crippen molar-refractivity contribution in [3.63, 3.8) is 0 Å². The highest BCUT2D eigenvalue weighted by Gasteiger charge is 2.38. The van der Waals surface area contributed by atoms with Gasteiger partial charge in [-0.1, -0.05) is 51.8 Å². The van der Waals surface area contributed by atoms with Gasteiger partial charge in [-0.15, -0.1) is 0 Å². The van der Waals surface area contributed by atoms with Crippen molar-refractivity contribution in [3.8, 4) is 0 Å². The third kappa shape index (κ3) is 2.72. The predicted octanol–water partition coefficient (Wildman–Crippen LogP) is 4.41. The van der Waals surface area contributed by atoms with Crippen LogP contribution in [-0.2, 0) is 4.79 Å². The van der Waals surface area contributed by atoms with Crippen molar-refractivity contribution < 1.29 is 4.79 Å². The topological polar surface area (TPSA) is 29.1 Å². The molecule has 0 spiro atoms. The maximum atomic E-state index is 12.4. The van der Waals surface area contributed by atoms with E-state index in [1.807, 2.05) is 43.3 Å². The molecule has 21 heavy (non-hydrogen) atoms. The lowest BCUT2D eigenvalue weighted by molar-refractivity contribution is -0.120. The minimum Gasteiger partial charge on any atom is -0.355 e. The molecule has 2 aromatic rings. The molecule has 0 unspecified atom stereocenters. The number of aryl methyl sites for hydroxylation is 1. The van der Waals surface area contributed by atoms with Gasteiger partial charge in [0.25, 0.3) is 0 Å². The van der Waals surface area contributed by atoms with Gasteiger partial charge in [0, 0.05) is 22.0 Å². The zero-order valence-corrected chi connectivity index (χ0v) is 13.9. The highest BCUT2D eigenvalue weighted by Crippen LogP contribution is 2.41. The maximum Gasteiger partial charge on any atom is 0.228 e. The van der Waals surface area contributed by atoms with Gasteiger partial charge in [-0.05, 0) is 41.8 Å². The molecule has 3 rings (SSSR count). The van der Waals surface area contributed by atoms with Crippen molar-refractivity contribution in [1.82, 2.24) is 5.32 Å². The van der Waals surface area contributed by atoms with Crippen LogP contribution < -0.4 is 5.32 Å². The predicted molar refractivity (Wildman–Crippen MR) is 88.8 cm³/mol. The van der Waals surface area contributed by atoms with E-state index in [2.05, 4.69) is 27.3 Å². The van der Waals surface area contributed by atoms with Gasteiger partial charge in [0.1, 0.15) is 0 Å². The molecule has 1 N–H and O–H groups in total. The van der Waals surface area contributed by atoms with Gasteiger partial charge < -0.3 is 5.32 Å². The van der Waals surface area contributed by atoms with Gasteiger partial charge in [0.2, 0.25) is 5.91 Å². The molecule has 1 saturated heterocycles. The molecule has 1 amide bonds. The van der Waals surface area contributed by atoms with Crippen molar-refractivity contribution >= 4 is 33.4 Å². The maximum absolute atomic E-state index is 12.4. The Morgan fingerprint density at radius 2 is 1.95 bits per heavy atom. The van der Waals surface area contributed by atoms with E-state index in [1.165, 1.54) is 0 Å². The Kier molecular flexibility index (Phi) is 4.05. The van der Waals surface area contributed by atoms with Crippen LogP contribution in [0.4, 0.5) is 0 Å². The summed E-state index contributed by atoms with van der Waals surface area (Å²) in [6.45, 7) is 2.67. The van der Waals surface area contributed by atoms with E-state index in [1.54, 1.807) is 0 Å². The van der Waals surface area contributed by atoms with Crippen LogP contribution in [0.25, 0.3) is 0 Å². The molecule has 2 nitrogen and oxygen atoms in total. The molecular formula is C17H15BrClNO. The molecule has 1 aliphatic rings. The molecular weight excluding hydrogens is 350 g/mol. The van der Waals surface area contributed by atoms with Gasteiger partial charge in [-0.25, -0.2) is 0 Å². The van der Waals surface area contributed by atoms with E-state index in [0.717, 1.165) is 21.2 Å². The number of rotatable bonds is 2. The fraction of sp³-hybridized carbons (Fsp3) is 0.235. The Labute approximate surface area is 137 Å². The molecule has 0 aliphatic carbocycles. The fourth-order valence-electron chi connectivity index (χ4n) is 2.99. The van der Waals surface area contributed by atoms with Crippen LogP contribution in [0.3, 0.4) is 0 Å². The third-order valence-electron chi connectivity index (χ3n) is 4.06. The van der Waals surface area contributed by atoms with Crippen molar-refractivity contribution in [3.05, 3.63) is 68.7 Å². The smallest absolute Gasteiger partial charge is 0.228 e. The summed E-state index contributed by atoms with van der Waals surface area (Å²) in [7, 11) is 0. The molecule has 1 fully saturated rings. The first-order chi connectivity index (χ1) is 10.1. The second-order valence-corrected chi connectivity index (χ2v) is 6.64. The molecule has 0 saturated carbocycles. The largest absolute Gasteiger partial charge is 0.355 e. The molecule has 1 aliphatic heterocycles. The Morgan fingerprint density at radius 1 is 1.19 bits per heavy atom. The lowest BCUT2D eigenvalue weighted by Gasteiger charge is -2.20. The molecule has 4 heteroatoms. The van der Waals surface area contributed by atoms with Crippen molar-refractivity contribution in [2.45, 2.75) is 18.8 Å². The van der Waals surface area contributed by atoms with E-state index in [-0.39, 0.29) is 17.7 Å². The summed E-state index contributed by atoms with van der Waals surface area (Å²) >= 11 is 9.72. The molecule has 0 radical (unpaired) electrons. The van der Waals surface area contributed by atoms with Gasteiger partial charge in [-0.3, -0.25) is 4.79 Å². The van der Waals surface area contributed by atoms with E-state index in [9.17, 15) is 4.79 Å². The van der Waals surface area contributed by atoms with E-state index >= 15 is 0 Å². The quantitative estimate of drug-likeness (QED) is 0.840. The van der Waals surface area contributed by atoms with E-state index < -0.39 is 0 Å². The summed E-state index contributed by atoms with van der Waals surface area (Å²) in [5.41, 5.74) is 3.26. The second-order valence-electron chi connectivity index (χ2n) is 5.35. The number of halogens is 2. The fourth-order valence-corrected chi connectivity index (χ4v) is 3.75. The van der Waals surface area contributed by atoms with Gasteiger partial charge >= 0.3 is 0 Å². The Morgan fingerprint density at radius 3 is 2.71 bits per heavy atom. The minimum atomic E-state index is -0.192. The van der Waals surface area contributed by atoms with Crippen LogP contribution in [0, 0.1) is 6.92 Å². The molecule has 108 valence electrons. The zero-order chi connectivity index (χ0) is 15.0. The molecule has 1 heterocycles. The second kappa shape index (κ2) is 5.82. The average molecular weight is 365 g/mol. The summed E-state index contributed by atoms with van der Waals surface area (Å²) < 4.78 is 1.04. The number of amides is 1. The molecule has 2 atom stereocenters. The summed E-state index contributed by atoms with van der Waals surface area (Å²) in [5, 5.41) is 3.66. The monoisotopic (exact) mass is 363 g/mol. The molecule has 0 aromatic heterocycles. The number of hydrogen-bond donors (Lipinski definition) is 1. The first kappa shape index (κ1) is 14.6. The summed E-state index contributed by atoms with van der Waals surface area (Å²) in [6.07, 6.45) is 0. The summed E-state index contributed by atoms with van der Waals surface area (Å²) in [6, 6.07) is 13.8. The number of carbonyl (C=O) groups excluding carboxylic acids is 1. The lowest BCUT2D eigenvalue weighted by Crippen LogP contribution is -2.18. The van der Waals surface area contributed by atoms with Crippen LogP contribution in [0.15, 0.2) is 46.9 Å². The standard InChI is InChI=1S/C17H15BrClNO/c1-10-6-7-11(19)8-13(10)16-14(9-20-17(16)21)12-4-2-3-5-15(12)18/h2-8,14,16H,9H2,1H3,(H,20,21)/t14-,16-/m0/s1. The first-order valence-electron chi connectivity index (χ1n) is 6.86. The SMILES string of the molecule is Cc1ccc(Cl)cc1[C@@H]1C(=O)NC[C@H]1c1ccccc1Br. The van der Waals surface area contributed by atoms with E-state index in [0.29, 0.717) is 11.6 Å². The highest BCUT2D eigenvalue weighted by atomic mass is 79.9. The number of benzene rings is 2. The summed E-state index contributed by atoms with van der Waals surface area (Å²) in [4.78, 5) is 12.4. The molecule has 2 aromatic carbocycles. The van der Waals surface area contributed by atoms with Crippen molar-refractivity contribution in [2.75, 3.05) is 6.54 Å². The normalized spacial score (nSPS) is 21.4. The number of carbonyl (C=O) groups is 1. The molecule has 0 bridgehead atoms. The number of hydrogen-bond acceptors (Lipinski definition) is 1. The zero-order valence-electron chi connectivity index (χ0n) is 11.6. The Bertz CT molecular complexity index is 701. The summed E-state index contributed by atoms with van der Waals surface area (Å²) in [5.74, 6) is -0.00578. The lowest BCUT2D eigenvalue weighted by atomic mass is 9.82. The Hall–Kier alpha value is -1.32. The minimum absolute atomic E-state index is 0.0705. The van der Waals surface area contributed by atoms with Crippen LogP contribution in [0.1, 0.15) is 28.5 Å². The number of nitrogens with one attached hydrogen (secondary N) is 1.